The minimum Gasteiger partial charge on any atom is -0.497 e. The third-order valence-corrected chi connectivity index (χ3v) is 3.83. The van der Waals surface area contributed by atoms with Crippen LogP contribution in [0.1, 0.15) is 16.1 Å². The van der Waals surface area contributed by atoms with E-state index in [1.807, 2.05) is 18.2 Å². The number of nitrogens with zero attached hydrogens (tertiary/aromatic N) is 2. The van der Waals surface area contributed by atoms with Crippen LogP contribution in [0.3, 0.4) is 0 Å². The third-order valence-electron chi connectivity index (χ3n) is 3.83. The Morgan fingerprint density at radius 2 is 1.96 bits per heavy atom. The first-order valence-corrected chi connectivity index (χ1v) is 8.41. The highest BCUT2D eigenvalue weighted by atomic mass is 19.1. The molecule has 1 heterocycles. The molecule has 0 unspecified atom stereocenters. The van der Waals surface area contributed by atoms with Crippen molar-refractivity contribution in [3.05, 3.63) is 77.9 Å². The molecular weight excluding hydrogens is 347 g/mol. The van der Waals surface area contributed by atoms with E-state index >= 15 is 0 Å². The molecule has 0 saturated carbocycles. The zero-order valence-electron chi connectivity index (χ0n) is 14.8. The number of nitrogens with one attached hydrogen (secondary N) is 2. The van der Waals surface area contributed by atoms with Gasteiger partial charge in [-0.25, -0.2) is 14.4 Å². The molecule has 0 atom stereocenters. The number of hydrogen-bond acceptors (Lipinski definition) is 5. The molecule has 1 aromatic heterocycles. The summed E-state index contributed by atoms with van der Waals surface area (Å²) in [5.41, 5.74) is 1.96. The van der Waals surface area contributed by atoms with E-state index in [9.17, 15) is 9.18 Å². The molecule has 2 N–H and O–H groups in total. The molecule has 1 amide bonds. The molecule has 138 valence electrons. The average Bonchev–Trinajstić information content (AvgIpc) is 2.70. The number of benzene rings is 2. The van der Waals surface area contributed by atoms with Gasteiger partial charge in [0.25, 0.3) is 5.91 Å². The molecule has 0 aliphatic carbocycles. The van der Waals surface area contributed by atoms with Crippen LogP contribution in [-0.4, -0.2) is 29.5 Å². The van der Waals surface area contributed by atoms with E-state index in [2.05, 4.69) is 20.6 Å². The van der Waals surface area contributed by atoms with E-state index in [0.29, 0.717) is 24.7 Å². The van der Waals surface area contributed by atoms with Gasteiger partial charge in [0.2, 0.25) is 5.95 Å². The highest BCUT2D eigenvalue weighted by Crippen LogP contribution is 2.19. The number of hydrogen-bond donors (Lipinski definition) is 2. The predicted octanol–water partition coefficient (Wildman–Crippen LogP) is 3.34. The molecule has 0 spiro atoms. The molecule has 0 aliphatic rings. The number of halogens is 1. The summed E-state index contributed by atoms with van der Waals surface area (Å²) < 4.78 is 18.1. The Bertz CT molecular complexity index is 916. The van der Waals surface area contributed by atoms with Crippen LogP contribution in [0.15, 0.2) is 60.8 Å². The Morgan fingerprint density at radius 1 is 1.15 bits per heavy atom. The van der Waals surface area contributed by atoms with Crippen LogP contribution in [0.25, 0.3) is 0 Å². The summed E-state index contributed by atoms with van der Waals surface area (Å²) in [4.78, 5) is 20.7. The maximum absolute atomic E-state index is 12.9. The van der Waals surface area contributed by atoms with Crippen molar-refractivity contribution in [1.29, 1.82) is 0 Å². The lowest BCUT2D eigenvalue weighted by atomic mass is 10.1. The third kappa shape index (κ3) is 5.24. The molecule has 0 radical (unpaired) electrons. The van der Waals surface area contributed by atoms with Gasteiger partial charge in [-0.1, -0.05) is 18.2 Å². The lowest BCUT2D eigenvalue weighted by molar-refractivity contribution is 0.0949. The molecule has 3 aromatic rings. The summed E-state index contributed by atoms with van der Waals surface area (Å²) in [5, 5.41) is 5.84. The van der Waals surface area contributed by atoms with E-state index in [1.165, 1.54) is 18.3 Å². The number of rotatable bonds is 7. The smallest absolute Gasteiger partial charge is 0.270 e. The summed E-state index contributed by atoms with van der Waals surface area (Å²) in [6.07, 6.45) is 2.12. The number of amides is 1. The molecule has 7 heteroatoms. The molecule has 27 heavy (non-hydrogen) atoms. The minimum atomic E-state index is -0.298. The Balaban J connectivity index is 1.58. The summed E-state index contributed by atoms with van der Waals surface area (Å²) in [6.45, 7) is 0.424. The Labute approximate surface area is 156 Å². The van der Waals surface area contributed by atoms with Gasteiger partial charge in [0.15, 0.2) is 0 Å². The van der Waals surface area contributed by atoms with Crippen LogP contribution in [-0.2, 0) is 6.42 Å². The van der Waals surface area contributed by atoms with Gasteiger partial charge in [-0.15, -0.1) is 0 Å². The van der Waals surface area contributed by atoms with Crippen molar-refractivity contribution in [2.24, 2.45) is 0 Å². The van der Waals surface area contributed by atoms with E-state index in [4.69, 9.17) is 4.74 Å². The number of ether oxygens (including phenoxy) is 1. The fourth-order valence-corrected chi connectivity index (χ4v) is 2.44. The second-order valence-electron chi connectivity index (χ2n) is 5.75. The lowest BCUT2D eigenvalue weighted by Crippen LogP contribution is -2.26. The van der Waals surface area contributed by atoms with Gasteiger partial charge in [0.1, 0.15) is 17.3 Å². The largest absolute Gasteiger partial charge is 0.497 e. The molecule has 6 nitrogen and oxygen atoms in total. The summed E-state index contributed by atoms with van der Waals surface area (Å²) in [6, 6.07) is 15.1. The van der Waals surface area contributed by atoms with E-state index in [0.717, 1.165) is 11.3 Å². The fraction of sp³-hybridized carbons (Fsp3) is 0.150. The predicted molar refractivity (Wildman–Crippen MR) is 101 cm³/mol. The topological polar surface area (TPSA) is 76.1 Å². The van der Waals surface area contributed by atoms with Crippen molar-refractivity contribution < 1.29 is 13.9 Å². The van der Waals surface area contributed by atoms with Gasteiger partial charge in [0, 0.05) is 24.5 Å². The van der Waals surface area contributed by atoms with Gasteiger partial charge in [-0.3, -0.25) is 4.79 Å². The molecule has 0 aliphatic heterocycles. The number of anilines is 2. The van der Waals surface area contributed by atoms with Crippen LogP contribution >= 0.6 is 0 Å². The quantitative estimate of drug-likeness (QED) is 0.671. The molecule has 0 bridgehead atoms. The van der Waals surface area contributed by atoms with E-state index < -0.39 is 0 Å². The number of carbonyl (C=O) groups excluding carboxylic acids is 1. The zero-order chi connectivity index (χ0) is 19.1. The molecule has 0 saturated heterocycles. The number of aromatic nitrogens is 2. The van der Waals surface area contributed by atoms with Crippen LogP contribution in [0.2, 0.25) is 0 Å². The monoisotopic (exact) mass is 366 g/mol. The molecule has 3 rings (SSSR count). The first-order chi connectivity index (χ1) is 13.1. The SMILES string of the molecule is COc1cccc(Nc2nccc(C(=O)NCCc3ccc(F)cc3)n2)c1. The normalized spacial score (nSPS) is 10.3. The lowest BCUT2D eigenvalue weighted by Gasteiger charge is -2.08. The summed E-state index contributed by atoms with van der Waals surface area (Å²) in [5.74, 6) is 0.442. The van der Waals surface area contributed by atoms with Crippen LogP contribution in [0, 0.1) is 5.82 Å². The van der Waals surface area contributed by atoms with Crippen LogP contribution in [0.5, 0.6) is 5.75 Å². The standard InChI is InChI=1S/C20H19FN4O2/c1-27-17-4-2-3-16(13-17)24-20-23-12-10-18(25-20)19(26)22-11-9-14-5-7-15(21)8-6-14/h2-8,10,12-13H,9,11H2,1H3,(H,22,26)(H,23,24,25). The fourth-order valence-electron chi connectivity index (χ4n) is 2.44. The van der Waals surface area contributed by atoms with Crippen molar-refractivity contribution >= 4 is 17.5 Å². The van der Waals surface area contributed by atoms with Crippen molar-refractivity contribution in [2.75, 3.05) is 19.0 Å². The first-order valence-electron chi connectivity index (χ1n) is 8.41. The Hall–Kier alpha value is -3.48. The van der Waals surface area contributed by atoms with Crippen LogP contribution in [0.4, 0.5) is 16.0 Å². The second kappa shape index (κ2) is 8.75. The molecule has 2 aromatic carbocycles. The van der Waals surface area contributed by atoms with E-state index in [-0.39, 0.29) is 17.4 Å². The molecular formula is C20H19FN4O2. The molecule has 0 fully saturated rings. The maximum Gasteiger partial charge on any atom is 0.270 e. The van der Waals surface area contributed by atoms with Gasteiger partial charge in [-0.2, -0.15) is 0 Å². The van der Waals surface area contributed by atoms with Crippen molar-refractivity contribution in [1.82, 2.24) is 15.3 Å². The average molecular weight is 366 g/mol. The van der Waals surface area contributed by atoms with E-state index in [1.54, 1.807) is 31.4 Å². The second-order valence-corrected chi connectivity index (χ2v) is 5.75. The van der Waals surface area contributed by atoms with Crippen molar-refractivity contribution in [2.45, 2.75) is 6.42 Å². The van der Waals surface area contributed by atoms with Crippen molar-refractivity contribution in [3.63, 3.8) is 0 Å². The highest BCUT2D eigenvalue weighted by molar-refractivity contribution is 5.92. The van der Waals surface area contributed by atoms with Crippen molar-refractivity contribution in [3.8, 4) is 5.75 Å². The number of methoxy groups -OCH3 is 1. The van der Waals surface area contributed by atoms with Gasteiger partial charge in [-0.05, 0) is 42.3 Å². The Morgan fingerprint density at radius 3 is 2.74 bits per heavy atom. The summed E-state index contributed by atoms with van der Waals surface area (Å²) in [7, 11) is 1.59. The minimum absolute atomic E-state index is 0.259. The zero-order valence-corrected chi connectivity index (χ0v) is 14.8. The Kier molecular flexibility index (Phi) is 5.94. The maximum atomic E-state index is 12.9. The first kappa shape index (κ1) is 18.3. The number of carbonyl (C=O) groups is 1. The summed E-state index contributed by atoms with van der Waals surface area (Å²) >= 11 is 0. The highest BCUT2D eigenvalue weighted by Gasteiger charge is 2.09. The van der Waals surface area contributed by atoms with Gasteiger partial charge >= 0.3 is 0 Å². The van der Waals surface area contributed by atoms with Gasteiger partial charge in [0.05, 0.1) is 7.11 Å². The van der Waals surface area contributed by atoms with Gasteiger partial charge < -0.3 is 15.4 Å². The van der Waals surface area contributed by atoms with Crippen LogP contribution < -0.4 is 15.4 Å².